The number of rotatable bonds is 6. The number of halogens is 2. The van der Waals surface area contributed by atoms with Gasteiger partial charge < -0.3 is 9.64 Å². The van der Waals surface area contributed by atoms with Crippen molar-refractivity contribution in [2.24, 2.45) is 7.05 Å². The zero-order valence-corrected chi connectivity index (χ0v) is 15.8. The fourth-order valence-electron chi connectivity index (χ4n) is 2.35. The molecule has 0 bridgehead atoms. The molecule has 3 aromatic rings. The fourth-order valence-corrected chi connectivity index (χ4v) is 2.77. The van der Waals surface area contributed by atoms with Gasteiger partial charge in [0.25, 0.3) is 5.91 Å². The largest absolute Gasteiger partial charge is 0.470 e. The summed E-state index contributed by atoms with van der Waals surface area (Å²) in [5, 5.41) is 9.35. The molecule has 0 spiro atoms. The number of hydrogen-bond donors (Lipinski definition) is 0. The van der Waals surface area contributed by atoms with Gasteiger partial charge in [-0.2, -0.15) is 10.2 Å². The van der Waals surface area contributed by atoms with Crippen molar-refractivity contribution in [3.63, 3.8) is 0 Å². The summed E-state index contributed by atoms with van der Waals surface area (Å²) in [7, 11) is 3.46. The molecule has 1 aromatic carbocycles. The molecule has 7 nitrogen and oxygen atoms in total. The van der Waals surface area contributed by atoms with Crippen LogP contribution in [0.4, 0.5) is 0 Å². The highest BCUT2D eigenvalue weighted by Crippen LogP contribution is 2.23. The normalized spacial score (nSPS) is 10.8. The summed E-state index contributed by atoms with van der Waals surface area (Å²) in [6, 6.07) is 8.80. The van der Waals surface area contributed by atoms with Gasteiger partial charge in [-0.25, -0.2) is 4.68 Å². The summed E-state index contributed by atoms with van der Waals surface area (Å²) >= 11 is 12.1. The summed E-state index contributed by atoms with van der Waals surface area (Å²) in [6.45, 7) is 0.478. The molecule has 2 aromatic heterocycles. The number of para-hydroxylation sites is 1. The molecule has 9 heteroatoms. The second-order valence-electron chi connectivity index (χ2n) is 5.67. The summed E-state index contributed by atoms with van der Waals surface area (Å²) in [6.07, 6.45) is 3.23. The van der Waals surface area contributed by atoms with Crippen LogP contribution in [0.2, 0.25) is 10.0 Å². The molecular formula is C17H17Cl2N5O2. The standard InChI is InChI=1S/C17H17Cl2N5O2/c1-22(10-15-13(19)9-20-23(15)2)17(25)14-7-8-24(21-14)11-26-16-6-4-3-5-12(16)18/h3-9H,10-11H2,1-2H3. The molecule has 0 radical (unpaired) electrons. The lowest BCUT2D eigenvalue weighted by molar-refractivity contribution is 0.0774. The van der Waals surface area contributed by atoms with Gasteiger partial charge in [-0.3, -0.25) is 9.48 Å². The van der Waals surface area contributed by atoms with Crippen molar-refractivity contribution >= 4 is 29.1 Å². The van der Waals surface area contributed by atoms with E-state index in [-0.39, 0.29) is 12.6 Å². The average Bonchev–Trinajstić information content (AvgIpc) is 3.22. The SMILES string of the molecule is CN(Cc1c(Cl)cnn1C)C(=O)c1ccn(COc2ccccc2Cl)n1. The molecule has 136 valence electrons. The summed E-state index contributed by atoms with van der Waals surface area (Å²) in [5.74, 6) is 0.333. The van der Waals surface area contributed by atoms with Crippen LogP contribution in [0, 0.1) is 0 Å². The quantitative estimate of drug-likeness (QED) is 0.644. The zero-order valence-electron chi connectivity index (χ0n) is 14.3. The van der Waals surface area contributed by atoms with Gasteiger partial charge in [0.1, 0.15) is 5.75 Å². The number of carbonyl (C=O) groups excluding carboxylic acids is 1. The summed E-state index contributed by atoms with van der Waals surface area (Å²) in [5.41, 5.74) is 1.07. The Balaban J connectivity index is 1.63. The number of aryl methyl sites for hydroxylation is 1. The molecule has 26 heavy (non-hydrogen) atoms. The minimum absolute atomic E-state index is 0.147. The van der Waals surface area contributed by atoms with Crippen molar-refractivity contribution in [2.45, 2.75) is 13.3 Å². The van der Waals surface area contributed by atoms with E-state index in [9.17, 15) is 4.79 Å². The second kappa shape index (κ2) is 7.80. The highest BCUT2D eigenvalue weighted by atomic mass is 35.5. The van der Waals surface area contributed by atoms with Crippen molar-refractivity contribution in [1.29, 1.82) is 0 Å². The lowest BCUT2D eigenvalue weighted by Gasteiger charge is -2.16. The van der Waals surface area contributed by atoms with Crippen LogP contribution in [-0.4, -0.2) is 37.4 Å². The third-order valence-corrected chi connectivity index (χ3v) is 4.42. The highest BCUT2D eigenvalue weighted by molar-refractivity contribution is 6.32. The Labute approximate surface area is 160 Å². The lowest BCUT2D eigenvalue weighted by atomic mass is 10.3. The first kappa shape index (κ1) is 18.3. The van der Waals surface area contributed by atoms with Gasteiger partial charge >= 0.3 is 0 Å². The van der Waals surface area contributed by atoms with E-state index in [1.54, 1.807) is 49.4 Å². The monoisotopic (exact) mass is 393 g/mol. The van der Waals surface area contributed by atoms with Gasteiger partial charge in [-0.15, -0.1) is 0 Å². The van der Waals surface area contributed by atoms with E-state index in [4.69, 9.17) is 27.9 Å². The molecule has 0 atom stereocenters. The minimum Gasteiger partial charge on any atom is -0.470 e. The van der Waals surface area contributed by atoms with Crippen LogP contribution < -0.4 is 4.74 Å². The molecular weight excluding hydrogens is 377 g/mol. The van der Waals surface area contributed by atoms with Crippen molar-refractivity contribution in [2.75, 3.05) is 7.05 Å². The van der Waals surface area contributed by atoms with Crippen molar-refractivity contribution in [1.82, 2.24) is 24.5 Å². The molecule has 0 aliphatic rings. The first-order valence-electron chi connectivity index (χ1n) is 7.78. The van der Waals surface area contributed by atoms with Crippen molar-refractivity contribution < 1.29 is 9.53 Å². The molecule has 2 heterocycles. The smallest absolute Gasteiger partial charge is 0.274 e. The maximum atomic E-state index is 12.6. The highest BCUT2D eigenvalue weighted by Gasteiger charge is 2.18. The number of ether oxygens (including phenoxy) is 1. The summed E-state index contributed by atoms with van der Waals surface area (Å²) in [4.78, 5) is 14.1. The number of nitrogens with zero attached hydrogens (tertiary/aromatic N) is 5. The Bertz CT molecular complexity index is 902. The Morgan fingerprint density at radius 3 is 2.69 bits per heavy atom. The zero-order chi connectivity index (χ0) is 18.7. The Morgan fingerprint density at radius 2 is 2.00 bits per heavy atom. The average molecular weight is 394 g/mol. The van der Waals surface area contributed by atoms with Gasteiger partial charge in [0.15, 0.2) is 12.4 Å². The van der Waals surface area contributed by atoms with Crippen LogP contribution in [-0.2, 0) is 20.3 Å². The lowest BCUT2D eigenvalue weighted by Crippen LogP contribution is -2.28. The van der Waals surface area contributed by atoms with Crippen LogP contribution in [0.1, 0.15) is 16.2 Å². The summed E-state index contributed by atoms with van der Waals surface area (Å²) < 4.78 is 8.78. The maximum absolute atomic E-state index is 12.6. The Hall–Kier alpha value is -2.51. The Morgan fingerprint density at radius 1 is 1.23 bits per heavy atom. The van der Waals surface area contributed by atoms with E-state index in [0.717, 1.165) is 5.69 Å². The third-order valence-electron chi connectivity index (χ3n) is 3.79. The van der Waals surface area contributed by atoms with Gasteiger partial charge in [0, 0.05) is 20.3 Å². The molecule has 0 unspecified atom stereocenters. The van der Waals surface area contributed by atoms with E-state index < -0.39 is 0 Å². The number of aromatic nitrogens is 4. The molecule has 0 aliphatic heterocycles. The van der Waals surface area contributed by atoms with Crippen LogP contribution in [0.3, 0.4) is 0 Å². The van der Waals surface area contributed by atoms with E-state index in [1.807, 2.05) is 12.1 Å². The van der Waals surface area contributed by atoms with Crippen LogP contribution in [0.5, 0.6) is 5.75 Å². The predicted octanol–water partition coefficient (Wildman–Crippen LogP) is 3.23. The van der Waals surface area contributed by atoms with Crippen LogP contribution in [0.25, 0.3) is 0 Å². The number of amides is 1. The van der Waals surface area contributed by atoms with Gasteiger partial charge in [0.05, 0.1) is 28.5 Å². The first-order chi connectivity index (χ1) is 12.5. The predicted molar refractivity (Wildman–Crippen MR) is 98.3 cm³/mol. The third kappa shape index (κ3) is 4.00. The number of benzene rings is 1. The maximum Gasteiger partial charge on any atom is 0.274 e. The van der Waals surface area contributed by atoms with Crippen LogP contribution in [0.15, 0.2) is 42.7 Å². The van der Waals surface area contributed by atoms with Gasteiger partial charge in [0.2, 0.25) is 0 Å². The van der Waals surface area contributed by atoms with Crippen molar-refractivity contribution in [3.8, 4) is 5.75 Å². The molecule has 1 amide bonds. The Kier molecular flexibility index (Phi) is 5.49. The first-order valence-corrected chi connectivity index (χ1v) is 8.54. The molecule has 0 fully saturated rings. The van der Waals surface area contributed by atoms with Crippen molar-refractivity contribution in [3.05, 3.63) is 64.2 Å². The molecule has 0 N–H and O–H groups in total. The van der Waals surface area contributed by atoms with E-state index in [2.05, 4.69) is 10.2 Å². The van der Waals surface area contributed by atoms with E-state index in [1.165, 1.54) is 9.58 Å². The minimum atomic E-state index is -0.223. The number of hydrogen-bond acceptors (Lipinski definition) is 4. The van der Waals surface area contributed by atoms with E-state index in [0.29, 0.717) is 28.0 Å². The number of carbonyl (C=O) groups is 1. The van der Waals surface area contributed by atoms with Crippen LogP contribution >= 0.6 is 23.2 Å². The van der Waals surface area contributed by atoms with Gasteiger partial charge in [-0.1, -0.05) is 35.3 Å². The van der Waals surface area contributed by atoms with Gasteiger partial charge in [-0.05, 0) is 18.2 Å². The molecule has 0 saturated heterocycles. The van der Waals surface area contributed by atoms with E-state index >= 15 is 0 Å². The topological polar surface area (TPSA) is 65.2 Å². The molecule has 0 aliphatic carbocycles. The second-order valence-corrected chi connectivity index (χ2v) is 6.48. The molecule has 3 rings (SSSR count). The molecule has 0 saturated carbocycles. The fraction of sp³-hybridized carbons (Fsp3) is 0.235.